The summed E-state index contributed by atoms with van der Waals surface area (Å²) in [6.45, 7) is 5.14. The second kappa shape index (κ2) is 6.60. The molecule has 1 saturated carbocycles. The number of thiophene rings is 1. The quantitative estimate of drug-likeness (QED) is 0.840. The first-order chi connectivity index (χ1) is 9.92. The summed E-state index contributed by atoms with van der Waals surface area (Å²) in [5, 5.41) is 11.9. The van der Waals surface area contributed by atoms with E-state index >= 15 is 0 Å². The monoisotopic (exact) mass is 309 g/mol. The summed E-state index contributed by atoms with van der Waals surface area (Å²) >= 11 is 1.03. The standard InChI is InChI=1S/C16H23NO3S/c1-11(2)9-16(7-3-4-8-16)10-17-14(18)12-5-6-13(21-12)15(19)20/h5-6,11H,3-4,7-10H2,1-2H3,(H,17,18)(H,19,20). The molecular weight excluding hydrogens is 286 g/mol. The van der Waals surface area contributed by atoms with Crippen LogP contribution in [0.4, 0.5) is 0 Å². The summed E-state index contributed by atoms with van der Waals surface area (Å²) < 4.78 is 0. The van der Waals surface area contributed by atoms with Crippen molar-refractivity contribution in [2.24, 2.45) is 11.3 Å². The maximum Gasteiger partial charge on any atom is 0.345 e. The van der Waals surface area contributed by atoms with E-state index in [4.69, 9.17) is 5.11 Å². The molecule has 0 spiro atoms. The maximum atomic E-state index is 12.2. The van der Waals surface area contributed by atoms with Crippen LogP contribution in [0, 0.1) is 11.3 Å². The van der Waals surface area contributed by atoms with Crippen LogP contribution in [0.5, 0.6) is 0 Å². The maximum absolute atomic E-state index is 12.2. The van der Waals surface area contributed by atoms with Crippen LogP contribution in [0.15, 0.2) is 12.1 Å². The van der Waals surface area contributed by atoms with Gasteiger partial charge in [-0.1, -0.05) is 26.7 Å². The number of aromatic carboxylic acids is 1. The number of carbonyl (C=O) groups is 2. The van der Waals surface area contributed by atoms with Crippen molar-refractivity contribution in [1.82, 2.24) is 5.32 Å². The first-order valence-corrected chi connectivity index (χ1v) is 8.35. The molecule has 1 amide bonds. The van der Waals surface area contributed by atoms with Crippen molar-refractivity contribution >= 4 is 23.2 Å². The molecule has 0 bridgehead atoms. The lowest BCUT2D eigenvalue weighted by molar-refractivity contribution is 0.0702. The molecule has 0 radical (unpaired) electrons. The van der Waals surface area contributed by atoms with E-state index in [2.05, 4.69) is 19.2 Å². The van der Waals surface area contributed by atoms with Crippen molar-refractivity contribution in [1.29, 1.82) is 0 Å². The van der Waals surface area contributed by atoms with Crippen LogP contribution in [-0.4, -0.2) is 23.5 Å². The van der Waals surface area contributed by atoms with E-state index in [0.29, 0.717) is 17.3 Å². The summed E-state index contributed by atoms with van der Waals surface area (Å²) in [6.07, 6.45) is 5.97. The fourth-order valence-corrected chi connectivity index (χ4v) is 4.14. The molecule has 21 heavy (non-hydrogen) atoms. The molecule has 1 aromatic rings. The minimum Gasteiger partial charge on any atom is -0.477 e. The molecule has 0 aromatic carbocycles. The van der Waals surface area contributed by atoms with Gasteiger partial charge in [-0.3, -0.25) is 4.79 Å². The minimum atomic E-state index is -0.980. The Bertz CT molecular complexity index is 515. The highest BCUT2D eigenvalue weighted by molar-refractivity contribution is 7.15. The molecule has 1 aliphatic carbocycles. The number of carboxylic acids is 1. The van der Waals surface area contributed by atoms with Crippen LogP contribution in [0.3, 0.4) is 0 Å². The van der Waals surface area contributed by atoms with Crippen molar-refractivity contribution in [3.63, 3.8) is 0 Å². The average molecular weight is 309 g/mol. The largest absolute Gasteiger partial charge is 0.477 e. The van der Waals surface area contributed by atoms with E-state index in [1.165, 1.54) is 31.7 Å². The van der Waals surface area contributed by atoms with Gasteiger partial charge in [0.05, 0.1) is 4.88 Å². The van der Waals surface area contributed by atoms with Crippen LogP contribution in [0.25, 0.3) is 0 Å². The predicted octanol–water partition coefficient (Wildman–Crippen LogP) is 3.78. The van der Waals surface area contributed by atoms with E-state index in [1.54, 1.807) is 6.07 Å². The second-order valence-corrected chi connectivity index (χ2v) is 7.54. The number of amides is 1. The molecule has 1 fully saturated rings. The van der Waals surface area contributed by atoms with Gasteiger partial charge in [0.25, 0.3) is 5.91 Å². The third kappa shape index (κ3) is 4.06. The summed E-state index contributed by atoms with van der Waals surface area (Å²) in [4.78, 5) is 23.7. The van der Waals surface area contributed by atoms with Crippen molar-refractivity contribution in [3.05, 3.63) is 21.9 Å². The first kappa shape index (κ1) is 16.0. The number of rotatable bonds is 6. The fraction of sp³-hybridized carbons (Fsp3) is 0.625. The van der Waals surface area contributed by atoms with E-state index in [0.717, 1.165) is 17.8 Å². The summed E-state index contributed by atoms with van der Waals surface area (Å²) in [5.41, 5.74) is 0.233. The number of hydrogen-bond acceptors (Lipinski definition) is 3. The number of hydrogen-bond donors (Lipinski definition) is 2. The van der Waals surface area contributed by atoms with Gasteiger partial charge in [-0.05, 0) is 42.7 Å². The highest BCUT2D eigenvalue weighted by atomic mass is 32.1. The Hall–Kier alpha value is -1.36. The van der Waals surface area contributed by atoms with Gasteiger partial charge in [0.2, 0.25) is 0 Å². The Labute approximate surface area is 129 Å². The average Bonchev–Trinajstić information content (AvgIpc) is 3.04. The van der Waals surface area contributed by atoms with Crippen LogP contribution < -0.4 is 5.32 Å². The topological polar surface area (TPSA) is 66.4 Å². The molecule has 116 valence electrons. The summed E-state index contributed by atoms with van der Waals surface area (Å²) in [6, 6.07) is 3.08. The Kier molecular flexibility index (Phi) is 5.04. The van der Waals surface area contributed by atoms with Gasteiger partial charge in [0.1, 0.15) is 4.88 Å². The van der Waals surface area contributed by atoms with Crippen molar-refractivity contribution in [3.8, 4) is 0 Å². The Morgan fingerprint density at radius 3 is 2.43 bits per heavy atom. The summed E-state index contributed by atoms with van der Waals surface area (Å²) in [5.74, 6) is -0.506. The van der Waals surface area contributed by atoms with Gasteiger partial charge >= 0.3 is 5.97 Å². The fourth-order valence-electron chi connectivity index (χ4n) is 3.37. The molecule has 1 aliphatic rings. The molecule has 1 aromatic heterocycles. The number of nitrogens with one attached hydrogen (secondary N) is 1. The highest BCUT2D eigenvalue weighted by Crippen LogP contribution is 2.42. The van der Waals surface area contributed by atoms with Gasteiger partial charge in [-0.15, -0.1) is 11.3 Å². The lowest BCUT2D eigenvalue weighted by Gasteiger charge is -2.31. The van der Waals surface area contributed by atoms with Crippen molar-refractivity contribution in [2.75, 3.05) is 6.54 Å². The van der Waals surface area contributed by atoms with Crippen LogP contribution in [-0.2, 0) is 0 Å². The van der Waals surface area contributed by atoms with Crippen LogP contribution in [0.2, 0.25) is 0 Å². The molecular formula is C16H23NO3S. The molecule has 4 nitrogen and oxygen atoms in total. The normalized spacial score (nSPS) is 17.1. The molecule has 0 unspecified atom stereocenters. The zero-order valence-electron chi connectivity index (χ0n) is 12.6. The molecule has 0 saturated heterocycles. The van der Waals surface area contributed by atoms with E-state index in [9.17, 15) is 9.59 Å². The van der Waals surface area contributed by atoms with E-state index < -0.39 is 5.97 Å². The predicted molar refractivity (Wildman–Crippen MR) is 84.0 cm³/mol. The molecule has 5 heteroatoms. The Morgan fingerprint density at radius 1 is 1.29 bits per heavy atom. The summed E-state index contributed by atoms with van der Waals surface area (Å²) in [7, 11) is 0. The van der Waals surface area contributed by atoms with Crippen LogP contribution in [0.1, 0.15) is 65.3 Å². The smallest absolute Gasteiger partial charge is 0.345 e. The van der Waals surface area contributed by atoms with Gasteiger partial charge in [0, 0.05) is 6.54 Å². The third-order valence-corrected chi connectivity index (χ3v) is 5.24. The van der Waals surface area contributed by atoms with Gasteiger partial charge in [-0.2, -0.15) is 0 Å². The minimum absolute atomic E-state index is 0.150. The number of carboxylic acid groups (broad SMARTS) is 1. The van der Waals surface area contributed by atoms with E-state index in [1.807, 2.05) is 0 Å². The Morgan fingerprint density at radius 2 is 1.90 bits per heavy atom. The van der Waals surface area contributed by atoms with Gasteiger partial charge in [-0.25, -0.2) is 4.79 Å². The number of carbonyl (C=O) groups excluding carboxylic acids is 1. The zero-order chi connectivity index (χ0) is 15.5. The van der Waals surface area contributed by atoms with E-state index in [-0.39, 0.29) is 16.2 Å². The Balaban J connectivity index is 1.96. The lowest BCUT2D eigenvalue weighted by atomic mass is 9.78. The lowest BCUT2D eigenvalue weighted by Crippen LogP contribution is -2.36. The molecule has 0 aliphatic heterocycles. The van der Waals surface area contributed by atoms with Crippen molar-refractivity contribution < 1.29 is 14.7 Å². The molecule has 1 heterocycles. The molecule has 0 atom stereocenters. The third-order valence-electron chi connectivity index (χ3n) is 4.17. The SMILES string of the molecule is CC(C)CC1(CNC(=O)c2ccc(C(=O)O)s2)CCCC1. The zero-order valence-corrected chi connectivity index (χ0v) is 13.5. The second-order valence-electron chi connectivity index (χ2n) is 6.46. The molecule has 2 rings (SSSR count). The van der Waals surface area contributed by atoms with Crippen LogP contribution >= 0.6 is 11.3 Å². The molecule has 2 N–H and O–H groups in total. The highest BCUT2D eigenvalue weighted by Gasteiger charge is 2.34. The van der Waals surface area contributed by atoms with Gasteiger partial charge < -0.3 is 10.4 Å². The first-order valence-electron chi connectivity index (χ1n) is 7.53. The van der Waals surface area contributed by atoms with Crippen molar-refractivity contribution in [2.45, 2.75) is 46.0 Å². The van der Waals surface area contributed by atoms with Gasteiger partial charge in [0.15, 0.2) is 0 Å².